The topological polar surface area (TPSA) is 49.8 Å². The molecule has 1 fully saturated rings. The maximum Gasteiger partial charge on any atom is 0.410 e. The lowest BCUT2D eigenvalue weighted by Crippen LogP contribution is -2.35. The first-order chi connectivity index (χ1) is 8.31. The highest BCUT2D eigenvalue weighted by atomic mass is 16.6. The summed E-state index contributed by atoms with van der Waals surface area (Å²) in [4.78, 5) is 13.4. The van der Waals surface area contributed by atoms with Crippen LogP contribution in [0.15, 0.2) is 30.3 Å². The lowest BCUT2D eigenvalue weighted by molar-refractivity contribution is 0.0858. The molecule has 0 unspecified atom stereocenters. The van der Waals surface area contributed by atoms with Crippen LogP contribution in [-0.4, -0.2) is 35.3 Å². The van der Waals surface area contributed by atoms with Crippen molar-refractivity contribution in [3.8, 4) is 0 Å². The number of benzene rings is 1. The van der Waals surface area contributed by atoms with Gasteiger partial charge in [0.1, 0.15) is 6.61 Å². The highest BCUT2D eigenvalue weighted by molar-refractivity contribution is 5.68. The molecule has 92 valence electrons. The average molecular weight is 235 g/mol. The van der Waals surface area contributed by atoms with Gasteiger partial charge in [0, 0.05) is 12.6 Å². The second-order valence-electron chi connectivity index (χ2n) is 4.19. The minimum atomic E-state index is -0.328. The number of nitrogens with zero attached hydrogens (tertiary/aromatic N) is 1. The van der Waals surface area contributed by atoms with E-state index in [1.54, 1.807) is 4.90 Å². The van der Waals surface area contributed by atoms with Gasteiger partial charge in [0.15, 0.2) is 0 Å². The minimum Gasteiger partial charge on any atom is -0.445 e. The predicted molar refractivity (Wildman–Crippen MR) is 63.4 cm³/mol. The van der Waals surface area contributed by atoms with Gasteiger partial charge in [-0.1, -0.05) is 30.3 Å². The van der Waals surface area contributed by atoms with Gasteiger partial charge in [-0.25, -0.2) is 4.79 Å². The van der Waals surface area contributed by atoms with Gasteiger partial charge in [0.2, 0.25) is 0 Å². The molecule has 17 heavy (non-hydrogen) atoms. The van der Waals surface area contributed by atoms with Gasteiger partial charge in [0.05, 0.1) is 6.61 Å². The fourth-order valence-electron chi connectivity index (χ4n) is 1.72. The van der Waals surface area contributed by atoms with Crippen molar-refractivity contribution in [2.45, 2.75) is 25.5 Å². The van der Waals surface area contributed by atoms with Gasteiger partial charge in [-0.15, -0.1) is 0 Å². The largest absolute Gasteiger partial charge is 0.445 e. The molecule has 1 aliphatic carbocycles. The quantitative estimate of drug-likeness (QED) is 0.846. The predicted octanol–water partition coefficient (Wildman–Crippen LogP) is 1.78. The van der Waals surface area contributed by atoms with Crippen LogP contribution in [0.1, 0.15) is 18.4 Å². The van der Waals surface area contributed by atoms with Crippen LogP contribution in [0.5, 0.6) is 0 Å². The second kappa shape index (κ2) is 5.68. The van der Waals surface area contributed by atoms with Crippen LogP contribution in [0, 0.1) is 0 Å². The van der Waals surface area contributed by atoms with E-state index in [0.29, 0.717) is 6.54 Å². The van der Waals surface area contributed by atoms with E-state index < -0.39 is 0 Å². The summed E-state index contributed by atoms with van der Waals surface area (Å²) in [5.74, 6) is 0. The lowest BCUT2D eigenvalue weighted by Gasteiger charge is -2.20. The number of carbonyl (C=O) groups excluding carboxylic acids is 1. The van der Waals surface area contributed by atoms with Crippen LogP contribution in [0.25, 0.3) is 0 Å². The molecule has 2 rings (SSSR count). The Kier molecular flexibility index (Phi) is 3.98. The molecule has 4 nitrogen and oxygen atoms in total. The monoisotopic (exact) mass is 235 g/mol. The Labute approximate surface area is 101 Å². The Hall–Kier alpha value is -1.55. The van der Waals surface area contributed by atoms with E-state index in [4.69, 9.17) is 9.84 Å². The van der Waals surface area contributed by atoms with Gasteiger partial charge in [-0.3, -0.25) is 0 Å². The Morgan fingerprint density at radius 2 is 2.06 bits per heavy atom. The summed E-state index contributed by atoms with van der Waals surface area (Å²) < 4.78 is 5.22. The number of aliphatic hydroxyl groups excluding tert-OH is 1. The van der Waals surface area contributed by atoms with E-state index in [1.807, 2.05) is 30.3 Å². The highest BCUT2D eigenvalue weighted by Crippen LogP contribution is 2.27. The summed E-state index contributed by atoms with van der Waals surface area (Å²) in [7, 11) is 0. The molecule has 1 aromatic carbocycles. The fourth-order valence-corrected chi connectivity index (χ4v) is 1.72. The third kappa shape index (κ3) is 3.46. The van der Waals surface area contributed by atoms with Gasteiger partial charge < -0.3 is 14.7 Å². The summed E-state index contributed by atoms with van der Waals surface area (Å²) in [6.07, 6.45) is 1.70. The van der Waals surface area contributed by atoms with E-state index in [2.05, 4.69) is 0 Å². The molecule has 1 amide bonds. The Bertz CT molecular complexity index is 362. The van der Waals surface area contributed by atoms with Crippen molar-refractivity contribution in [2.24, 2.45) is 0 Å². The van der Waals surface area contributed by atoms with Crippen LogP contribution < -0.4 is 0 Å². The molecule has 1 aliphatic rings. The number of hydrogen-bond donors (Lipinski definition) is 1. The highest BCUT2D eigenvalue weighted by Gasteiger charge is 2.33. The van der Waals surface area contributed by atoms with E-state index in [1.165, 1.54) is 0 Å². The Balaban J connectivity index is 1.83. The van der Waals surface area contributed by atoms with E-state index in [-0.39, 0.29) is 25.3 Å². The first-order valence-corrected chi connectivity index (χ1v) is 5.89. The number of carbonyl (C=O) groups is 1. The number of ether oxygens (including phenoxy) is 1. The lowest BCUT2D eigenvalue weighted by atomic mass is 10.2. The van der Waals surface area contributed by atoms with Crippen molar-refractivity contribution in [3.63, 3.8) is 0 Å². The standard InChI is InChI=1S/C13H17NO3/c15-9-8-14(12-6-7-12)13(16)17-10-11-4-2-1-3-5-11/h1-5,12,15H,6-10H2. The Morgan fingerprint density at radius 3 is 2.65 bits per heavy atom. The third-order valence-corrected chi connectivity index (χ3v) is 2.77. The summed E-state index contributed by atoms with van der Waals surface area (Å²) in [6, 6.07) is 9.85. The van der Waals surface area contributed by atoms with Crippen molar-refractivity contribution < 1.29 is 14.6 Å². The first kappa shape index (κ1) is 11.9. The van der Waals surface area contributed by atoms with Crippen LogP contribution in [-0.2, 0) is 11.3 Å². The number of rotatable bonds is 5. The van der Waals surface area contributed by atoms with Crippen LogP contribution >= 0.6 is 0 Å². The van der Waals surface area contributed by atoms with Gasteiger partial charge in [0.25, 0.3) is 0 Å². The van der Waals surface area contributed by atoms with Gasteiger partial charge >= 0.3 is 6.09 Å². The normalized spacial score (nSPS) is 14.4. The van der Waals surface area contributed by atoms with Crippen molar-refractivity contribution in [1.29, 1.82) is 0 Å². The van der Waals surface area contributed by atoms with Crippen LogP contribution in [0.4, 0.5) is 4.79 Å². The van der Waals surface area contributed by atoms with Gasteiger partial charge in [-0.05, 0) is 18.4 Å². The molecule has 0 heterocycles. The molecule has 0 aliphatic heterocycles. The molecule has 1 saturated carbocycles. The van der Waals surface area contributed by atoms with Crippen molar-refractivity contribution in [2.75, 3.05) is 13.2 Å². The molecule has 0 radical (unpaired) electrons. The Morgan fingerprint density at radius 1 is 1.35 bits per heavy atom. The molecule has 1 N–H and O–H groups in total. The van der Waals surface area contributed by atoms with E-state index >= 15 is 0 Å². The van der Waals surface area contributed by atoms with Crippen molar-refractivity contribution in [1.82, 2.24) is 4.90 Å². The smallest absolute Gasteiger partial charge is 0.410 e. The molecular formula is C13H17NO3. The van der Waals surface area contributed by atoms with Gasteiger partial charge in [-0.2, -0.15) is 0 Å². The summed E-state index contributed by atoms with van der Waals surface area (Å²) >= 11 is 0. The average Bonchev–Trinajstić information content (AvgIpc) is 3.18. The number of amides is 1. The molecule has 0 saturated heterocycles. The zero-order valence-electron chi connectivity index (χ0n) is 9.71. The molecule has 0 atom stereocenters. The second-order valence-corrected chi connectivity index (χ2v) is 4.19. The van der Waals surface area contributed by atoms with E-state index in [9.17, 15) is 4.79 Å². The zero-order valence-corrected chi connectivity index (χ0v) is 9.71. The molecule has 0 bridgehead atoms. The van der Waals surface area contributed by atoms with Crippen LogP contribution in [0.3, 0.4) is 0 Å². The molecule has 0 spiro atoms. The maximum atomic E-state index is 11.8. The number of hydrogen-bond acceptors (Lipinski definition) is 3. The molecule has 0 aromatic heterocycles. The van der Waals surface area contributed by atoms with Crippen molar-refractivity contribution in [3.05, 3.63) is 35.9 Å². The third-order valence-electron chi connectivity index (χ3n) is 2.77. The number of aliphatic hydroxyl groups is 1. The first-order valence-electron chi connectivity index (χ1n) is 5.89. The fraction of sp³-hybridized carbons (Fsp3) is 0.462. The summed E-state index contributed by atoms with van der Waals surface area (Å²) in [5, 5.41) is 8.90. The molecule has 1 aromatic rings. The van der Waals surface area contributed by atoms with E-state index in [0.717, 1.165) is 18.4 Å². The summed E-state index contributed by atoms with van der Waals surface area (Å²) in [6.45, 7) is 0.629. The minimum absolute atomic E-state index is 0.0169. The van der Waals surface area contributed by atoms with Crippen LogP contribution in [0.2, 0.25) is 0 Å². The summed E-state index contributed by atoms with van der Waals surface area (Å²) in [5.41, 5.74) is 0.973. The maximum absolute atomic E-state index is 11.8. The van der Waals surface area contributed by atoms with Crippen molar-refractivity contribution >= 4 is 6.09 Å². The molecule has 4 heteroatoms. The zero-order chi connectivity index (χ0) is 12.1. The SMILES string of the molecule is O=C(OCc1ccccc1)N(CCO)C1CC1. The molecular weight excluding hydrogens is 218 g/mol.